The third kappa shape index (κ3) is 1.80. The summed E-state index contributed by atoms with van der Waals surface area (Å²) in [4.78, 5) is 0. The molecule has 0 fully saturated rings. The third-order valence-corrected chi connectivity index (χ3v) is 2.73. The number of anilines is 1. The zero-order valence-corrected chi connectivity index (χ0v) is 8.41. The molecule has 0 amide bonds. The van der Waals surface area contributed by atoms with Gasteiger partial charge in [0.25, 0.3) is 0 Å². The Hall–Kier alpha value is -1.19. The Balaban J connectivity index is 2.54. The van der Waals surface area contributed by atoms with Crippen LogP contribution in [-0.2, 0) is 19.0 Å². The highest BCUT2D eigenvalue weighted by molar-refractivity contribution is 5.59. The molecular weight excluding hydrogens is 203 g/mol. The van der Waals surface area contributed by atoms with E-state index in [1.54, 1.807) is 13.0 Å². The quantitative estimate of drug-likeness (QED) is 0.758. The molecule has 2 rings (SSSR count). The van der Waals surface area contributed by atoms with E-state index >= 15 is 0 Å². The minimum Gasteiger partial charge on any atom is -0.384 e. The molecule has 82 valence electrons. The Bertz CT molecular complexity index is 382. The zero-order chi connectivity index (χ0) is 11.1. The van der Waals surface area contributed by atoms with E-state index in [0.29, 0.717) is 18.4 Å². The largest absolute Gasteiger partial charge is 0.416 e. The van der Waals surface area contributed by atoms with Crippen LogP contribution in [0.25, 0.3) is 0 Å². The zero-order valence-electron chi connectivity index (χ0n) is 8.41. The van der Waals surface area contributed by atoms with Crippen molar-refractivity contribution in [2.75, 3.05) is 11.9 Å². The van der Waals surface area contributed by atoms with Crippen LogP contribution in [0.2, 0.25) is 0 Å². The van der Waals surface area contributed by atoms with Crippen molar-refractivity contribution in [1.29, 1.82) is 0 Å². The van der Waals surface area contributed by atoms with Crippen LogP contribution in [0, 0.1) is 0 Å². The van der Waals surface area contributed by atoms with E-state index in [2.05, 4.69) is 5.32 Å². The average molecular weight is 215 g/mol. The van der Waals surface area contributed by atoms with Crippen LogP contribution in [0.15, 0.2) is 12.1 Å². The number of hydrogen-bond donors (Lipinski definition) is 1. The molecule has 1 N–H and O–H groups in total. The maximum absolute atomic E-state index is 12.7. The molecule has 4 heteroatoms. The van der Waals surface area contributed by atoms with Gasteiger partial charge in [0.1, 0.15) is 0 Å². The normalized spacial score (nSPS) is 14.9. The van der Waals surface area contributed by atoms with Gasteiger partial charge in [-0.1, -0.05) is 6.92 Å². The first-order valence-electron chi connectivity index (χ1n) is 4.99. The fourth-order valence-electron chi connectivity index (χ4n) is 1.95. The Morgan fingerprint density at radius 3 is 2.67 bits per heavy atom. The predicted molar refractivity (Wildman–Crippen MR) is 53.0 cm³/mol. The van der Waals surface area contributed by atoms with Gasteiger partial charge in [-0.3, -0.25) is 0 Å². The molecule has 0 saturated carbocycles. The van der Waals surface area contributed by atoms with Crippen molar-refractivity contribution in [3.8, 4) is 0 Å². The van der Waals surface area contributed by atoms with E-state index in [1.165, 1.54) is 6.07 Å². The highest BCUT2D eigenvalue weighted by Gasteiger charge is 2.34. The molecule has 1 heterocycles. The van der Waals surface area contributed by atoms with E-state index in [-0.39, 0.29) is 0 Å². The number of rotatable bonds is 1. The van der Waals surface area contributed by atoms with Gasteiger partial charge in [-0.15, -0.1) is 0 Å². The van der Waals surface area contributed by atoms with Crippen LogP contribution in [0.5, 0.6) is 0 Å². The molecule has 0 atom stereocenters. The predicted octanol–water partition coefficient (Wildman–Crippen LogP) is 3.24. The van der Waals surface area contributed by atoms with Gasteiger partial charge in [-0.25, -0.2) is 0 Å². The summed E-state index contributed by atoms with van der Waals surface area (Å²) in [5.41, 5.74) is 1.53. The minimum absolute atomic E-state index is 0.371. The minimum atomic E-state index is -4.23. The summed E-state index contributed by atoms with van der Waals surface area (Å²) in [5.74, 6) is 0. The summed E-state index contributed by atoms with van der Waals surface area (Å²) in [6.07, 6.45) is -3.14. The molecular formula is C11H12F3N. The maximum atomic E-state index is 12.7. The lowest BCUT2D eigenvalue weighted by Gasteiger charge is -2.13. The number of hydrogen-bond acceptors (Lipinski definition) is 1. The average Bonchev–Trinajstić information content (AvgIpc) is 2.60. The fourth-order valence-corrected chi connectivity index (χ4v) is 1.95. The summed E-state index contributed by atoms with van der Waals surface area (Å²) in [6, 6.07) is 2.92. The Morgan fingerprint density at radius 1 is 1.33 bits per heavy atom. The number of halogens is 3. The standard InChI is InChI=1S/C11H12F3N/c1-2-7-6-10-8(3-4-15-10)5-9(7)11(12,13)14/h5-6,15H,2-4H2,1H3. The van der Waals surface area contributed by atoms with E-state index in [4.69, 9.17) is 0 Å². The molecule has 0 aliphatic carbocycles. The molecule has 0 saturated heterocycles. The SMILES string of the molecule is CCc1cc2c(cc1C(F)(F)F)CCN2. The Morgan fingerprint density at radius 2 is 2.07 bits per heavy atom. The van der Waals surface area contributed by atoms with E-state index in [9.17, 15) is 13.2 Å². The van der Waals surface area contributed by atoms with Crippen LogP contribution in [0.4, 0.5) is 18.9 Å². The van der Waals surface area contributed by atoms with Gasteiger partial charge in [-0.05, 0) is 36.1 Å². The van der Waals surface area contributed by atoms with Crippen molar-refractivity contribution in [2.24, 2.45) is 0 Å². The van der Waals surface area contributed by atoms with E-state index in [0.717, 1.165) is 17.8 Å². The lowest BCUT2D eigenvalue weighted by molar-refractivity contribution is -0.138. The van der Waals surface area contributed by atoms with Crippen molar-refractivity contribution >= 4 is 5.69 Å². The van der Waals surface area contributed by atoms with Gasteiger partial charge in [-0.2, -0.15) is 13.2 Å². The molecule has 1 aliphatic heterocycles. The lowest BCUT2D eigenvalue weighted by Crippen LogP contribution is -2.09. The van der Waals surface area contributed by atoms with Crippen molar-refractivity contribution < 1.29 is 13.2 Å². The van der Waals surface area contributed by atoms with Gasteiger partial charge < -0.3 is 5.32 Å². The van der Waals surface area contributed by atoms with Gasteiger partial charge in [0.2, 0.25) is 0 Å². The maximum Gasteiger partial charge on any atom is 0.416 e. The molecule has 1 aromatic carbocycles. The molecule has 15 heavy (non-hydrogen) atoms. The molecule has 1 nitrogen and oxygen atoms in total. The monoisotopic (exact) mass is 215 g/mol. The first kappa shape index (κ1) is 10.3. The first-order valence-corrected chi connectivity index (χ1v) is 4.99. The smallest absolute Gasteiger partial charge is 0.384 e. The number of fused-ring (bicyclic) bond motifs is 1. The molecule has 0 unspecified atom stereocenters. The molecule has 0 aromatic heterocycles. The topological polar surface area (TPSA) is 12.0 Å². The van der Waals surface area contributed by atoms with Gasteiger partial charge in [0, 0.05) is 12.2 Å². The van der Waals surface area contributed by atoms with E-state index in [1.807, 2.05) is 0 Å². The highest BCUT2D eigenvalue weighted by atomic mass is 19.4. The number of nitrogens with one attached hydrogen (secondary N) is 1. The number of benzene rings is 1. The molecule has 0 radical (unpaired) electrons. The van der Waals surface area contributed by atoms with Crippen LogP contribution < -0.4 is 5.32 Å². The van der Waals surface area contributed by atoms with Gasteiger partial charge in [0.15, 0.2) is 0 Å². The lowest BCUT2D eigenvalue weighted by atomic mass is 10.00. The van der Waals surface area contributed by atoms with E-state index < -0.39 is 11.7 Å². The van der Waals surface area contributed by atoms with Gasteiger partial charge >= 0.3 is 6.18 Å². The Labute approximate surface area is 86.3 Å². The summed E-state index contributed by atoms with van der Waals surface area (Å²) in [6.45, 7) is 2.48. The second kappa shape index (κ2) is 3.43. The summed E-state index contributed by atoms with van der Waals surface area (Å²) < 4.78 is 38.1. The summed E-state index contributed by atoms with van der Waals surface area (Å²) in [5, 5.41) is 3.09. The number of alkyl halides is 3. The van der Waals surface area contributed by atoms with Crippen LogP contribution >= 0.6 is 0 Å². The number of aryl methyl sites for hydroxylation is 1. The van der Waals surface area contributed by atoms with Gasteiger partial charge in [0.05, 0.1) is 5.56 Å². The van der Waals surface area contributed by atoms with Crippen molar-refractivity contribution in [1.82, 2.24) is 0 Å². The second-order valence-corrected chi connectivity index (χ2v) is 3.69. The summed E-state index contributed by atoms with van der Waals surface area (Å²) >= 11 is 0. The summed E-state index contributed by atoms with van der Waals surface area (Å²) in [7, 11) is 0. The third-order valence-electron chi connectivity index (χ3n) is 2.73. The molecule has 1 aliphatic rings. The first-order chi connectivity index (χ1) is 7.02. The molecule has 1 aromatic rings. The highest BCUT2D eigenvalue weighted by Crippen LogP contribution is 2.36. The second-order valence-electron chi connectivity index (χ2n) is 3.69. The molecule has 0 bridgehead atoms. The van der Waals surface area contributed by atoms with Crippen molar-refractivity contribution in [2.45, 2.75) is 25.9 Å². The molecule has 0 spiro atoms. The van der Waals surface area contributed by atoms with Crippen LogP contribution in [0.3, 0.4) is 0 Å². The van der Waals surface area contributed by atoms with Crippen molar-refractivity contribution in [3.05, 3.63) is 28.8 Å². The van der Waals surface area contributed by atoms with Crippen LogP contribution in [-0.4, -0.2) is 6.54 Å². The fraction of sp³-hybridized carbons (Fsp3) is 0.455. The van der Waals surface area contributed by atoms with Crippen LogP contribution in [0.1, 0.15) is 23.6 Å². The van der Waals surface area contributed by atoms with Crippen molar-refractivity contribution in [3.63, 3.8) is 0 Å². The Kier molecular flexibility index (Phi) is 2.37.